The average Bonchev–Trinajstić information content (AvgIpc) is 3.44. The van der Waals surface area contributed by atoms with Crippen molar-refractivity contribution in [3.63, 3.8) is 0 Å². The van der Waals surface area contributed by atoms with Crippen molar-refractivity contribution in [2.75, 3.05) is 0 Å². The summed E-state index contributed by atoms with van der Waals surface area (Å²) in [6, 6.07) is 41.1. The van der Waals surface area contributed by atoms with Crippen molar-refractivity contribution >= 4 is 63.8 Å². The predicted molar refractivity (Wildman–Crippen MR) is 166 cm³/mol. The smallest absolute Gasteiger partial charge is 0.0361 e. The lowest BCUT2D eigenvalue weighted by Crippen LogP contribution is -2.16. The third-order valence-corrected chi connectivity index (χ3v) is 10.1. The highest BCUT2D eigenvalue weighted by atomic mass is 32.1. The van der Waals surface area contributed by atoms with Gasteiger partial charge in [0.05, 0.1) is 0 Å². The molecule has 1 heteroatoms. The molecule has 0 N–H and O–H groups in total. The minimum atomic E-state index is -0.0948. The van der Waals surface area contributed by atoms with Crippen molar-refractivity contribution in [3.05, 3.63) is 120 Å². The molecule has 0 aliphatic heterocycles. The number of fused-ring (bicyclic) bond motifs is 7. The molecule has 38 heavy (non-hydrogen) atoms. The number of rotatable bonds is 1. The van der Waals surface area contributed by atoms with Crippen LogP contribution in [0.3, 0.4) is 0 Å². The number of benzene rings is 7. The van der Waals surface area contributed by atoms with Crippen molar-refractivity contribution in [2.24, 2.45) is 0 Å². The van der Waals surface area contributed by atoms with Crippen LogP contribution in [-0.2, 0) is 5.41 Å². The van der Waals surface area contributed by atoms with Gasteiger partial charge in [-0.3, -0.25) is 0 Å². The fourth-order valence-electron chi connectivity index (χ4n) is 7.38. The van der Waals surface area contributed by atoms with Crippen LogP contribution >= 0.6 is 11.3 Å². The lowest BCUT2D eigenvalue weighted by Gasteiger charge is -2.25. The van der Waals surface area contributed by atoms with Crippen LogP contribution in [0.25, 0.3) is 74.7 Å². The third kappa shape index (κ3) is 2.46. The summed E-state index contributed by atoms with van der Waals surface area (Å²) in [7, 11) is 0. The van der Waals surface area contributed by atoms with Gasteiger partial charge in [-0.15, -0.1) is 11.3 Å². The van der Waals surface area contributed by atoms with E-state index in [0.717, 1.165) is 0 Å². The van der Waals surface area contributed by atoms with E-state index >= 15 is 0 Å². The maximum atomic E-state index is 2.41. The van der Waals surface area contributed by atoms with Crippen LogP contribution in [0.2, 0.25) is 0 Å². The molecule has 1 aliphatic carbocycles. The molecule has 0 nitrogen and oxygen atoms in total. The zero-order valence-electron chi connectivity index (χ0n) is 21.3. The van der Waals surface area contributed by atoms with Crippen molar-refractivity contribution in [3.8, 4) is 22.3 Å². The molecule has 0 saturated carbocycles. The summed E-state index contributed by atoms with van der Waals surface area (Å²) in [5, 5.41) is 10.9. The van der Waals surface area contributed by atoms with E-state index in [9.17, 15) is 0 Å². The Morgan fingerprint density at radius 1 is 0.474 bits per heavy atom. The molecule has 0 spiro atoms. The van der Waals surface area contributed by atoms with Gasteiger partial charge in [0.25, 0.3) is 0 Å². The van der Waals surface area contributed by atoms with E-state index in [-0.39, 0.29) is 5.41 Å². The SMILES string of the molecule is CC1(C)c2ccc3sc4ccccc4c3c2-c2cccc(-c3ccc4ccc5cccc6ccc3c4c56)c21. The van der Waals surface area contributed by atoms with E-state index < -0.39 is 0 Å². The molecule has 0 amide bonds. The molecule has 0 unspecified atom stereocenters. The van der Waals surface area contributed by atoms with E-state index in [2.05, 4.69) is 123 Å². The molecule has 1 aromatic heterocycles. The highest BCUT2D eigenvalue weighted by molar-refractivity contribution is 7.26. The molecular formula is C37H24S. The van der Waals surface area contributed by atoms with E-state index in [1.165, 1.54) is 85.9 Å². The minimum absolute atomic E-state index is 0.0948. The standard InChI is InChI=1S/C37H24S/c1-37(2)29-19-20-31-35(27-9-3-4-12-30(27)38-31)34(29)28-11-6-10-26(36(28)37)24-17-15-23-14-13-21-7-5-8-22-16-18-25(24)33(23)32(21)22/h3-20H,1-2H3. The maximum absolute atomic E-state index is 2.41. The molecule has 1 heterocycles. The zero-order chi connectivity index (χ0) is 25.2. The van der Waals surface area contributed by atoms with Gasteiger partial charge in [0.15, 0.2) is 0 Å². The molecule has 8 aromatic rings. The van der Waals surface area contributed by atoms with Gasteiger partial charge in [-0.1, -0.05) is 111 Å². The van der Waals surface area contributed by atoms with E-state index in [4.69, 9.17) is 0 Å². The molecule has 1 aliphatic rings. The van der Waals surface area contributed by atoms with Crippen LogP contribution in [0.15, 0.2) is 109 Å². The number of hydrogen-bond donors (Lipinski definition) is 0. The quantitative estimate of drug-likeness (QED) is 0.197. The lowest BCUT2D eigenvalue weighted by atomic mass is 9.78. The van der Waals surface area contributed by atoms with Crippen molar-refractivity contribution in [1.29, 1.82) is 0 Å². The monoisotopic (exact) mass is 500 g/mol. The Labute approximate surface area is 225 Å². The lowest BCUT2D eigenvalue weighted by molar-refractivity contribution is 0.662. The highest BCUT2D eigenvalue weighted by Crippen LogP contribution is 2.56. The normalized spacial score (nSPS) is 14.3. The Morgan fingerprint density at radius 3 is 2.05 bits per heavy atom. The summed E-state index contributed by atoms with van der Waals surface area (Å²) in [5.74, 6) is 0. The summed E-state index contributed by atoms with van der Waals surface area (Å²) in [5.41, 5.74) is 8.31. The Bertz CT molecular complexity index is 2240. The molecule has 178 valence electrons. The average molecular weight is 501 g/mol. The Morgan fingerprint density at radius 2 is 1.18 bits per heavy atom. The van der Waals surface area contributed by atoms with Gasteiger partial charge in [0, 0.05) is 25.6 Å². The van der Waals surface area contributed by atoms with Crippen molar-refractivity contribution in [2.45, 2.75) is 19.3 Å². The second-order valence-electron chi connectivity index (χ2n) is 11.3. The van der Waals surface area contributed by atoms with Crippen LogP contribution in [0, 0.1) is 0 Å². The van der Waals surface area contributed by atoms with Crippen LogP contribution in [0.5, 0.6) is 0 Å². The Hall–Kier alpha value is -4.20. The first-order valence-corrected chi connectivity index (χ1v) is 14.2. The second kappa shape index (κ2) is 7.01. The summed E-state index contributed by atoms with van der Waals surface area (Å²) < 4.78 is 2.74. The number of hydrogen-bond acceptors (Lipinski definition) is 1. The molecule has 7 aromatic carbocycles. The Kier molecular flexibility index (Phi) is 3.84. The highest BCUT2D eigenvalue weighted by Gasteiger charge is 2.39. The van der Waals surface area contributed by atoms with Gasteiger partial charge in [-0.25, -0.2) is 0 Å². The fourth-order valence-corrected chi connectivity index (χ4v) is 8.49. The zero-order valence-corrected chi connectivity index (χ0v) is 22.1. The van der Waals surface area contributed by atoms with Gasteiger partial charge in [0.2, 0.25) is 0 Å². The molecule has 0 saturated heterocycles. The van der Waals surface area contributed by atoms with Crippen molar-refractivity contribution in [1.82, 2.24) is 0 Å². The van der Waals surface area contributed by atoms with Crippen LogP contribution in [0.4, 0.5) is 0 Å². The van der Waals surface area contributed by atoms with E-state index in [1.54, 1.807) is 0 Å². The Balaban J connectivity index is 1.41. The summed E-state index contributed by atoms with van der Waals surface area (Å²) in [6.07, 6.45) is 0. The molecular weight excluding hydrogens is 476 g/mol. The first-order valence-electron chi connectivity index (χ1n) is 13.4. The molecule has 0 atom stereocenters. The third-order valence-electron chi connectivity index (χ3n) is 8.99. The van der Waals surface area contributed by atoms with Gasteiger partial charge in [0.1, 0.15) is 0 Å². The van der Waals surface area contributed by atoms with Gasteiger partial charge in [-0.2, -0.15) is 0 Å². The predicted octanol–water partition coefficient (Wildman–Crippen LogP) is 10.9. The minimum Gasteiger partial charge on any atom is -0.135 e. The van der Waals surface area contributed by atoms with Gasteiger partial charge in [-0.05, 0) is 77.8 Å². The van der Waals surface area contributed by atoms with E-state index in [0.29, 0.717) is 0 Å². The largest absolute Gasteiger partial charge is 0.135 e. The first-order chi connectivity index (χ1) is 18.6. The summed E-state index contributed by atoms with van der Waals surface area (Å²) in [4.78, 5) is 0. The molecule has 0 bridgehead atoms. The molecule has 0 radical (unpaired) electrons. The van der Waals surface area contributed by atoms with Crippen LogP contribution in [-0.4, -0.2) is 0 Å². The van der Waals surface area contributed by atoms with Crippen LogP contribution in [0.1, 0.15) is 25.0 Å². The summed E-state index contributed by atoms with van der Waals surface area (Å²) >= 11 is 1.91. The second-order valence-corrected chi connectivity index (χ2v) is 12.4. The first kappa shape index (κ1) is 20.8. The maximum Gasteiger partial charge on any atom is 0.0361 e. The van der Waals surface area contributed by atoms with E-state index in [1.807, 2.05) is 11.3 Å². The fraction of sp³-hybridized carbons (Fsp3) is 0.0811. The topological polar surface area (TPSA) is 0 Å². The molecule has 0 fully saturated rings. The molecule has 9 rings (SSSR count). The number of thiophene rings is 1. The van der Waals surface area contributed by atoms with Gasteiger partial charge < -0.3 is 0 Å². The van der Waals surface area contributed by atoms with Gasteiger partial charge >= 0.3 is 0 Å². The summed E-state index contributed by atoms with van der Waals surface area (Å²) in [6.45, 7) is 4.83. The van der Waals surface area contributed by atoms with Crippen LogP contribution < -0.4 is 0 Å². The van der Waals surface area contributed by atoms with Crippen molar-refractivity contribution < 1.29 is 0 Å².